The maximum atomic E-state index is 13.2. The zero-order valence-corrected chi connectivity index (χ0v) is 30.7. The van der Waals surface area contributed by atoms with Gasteiger partial charge in [-0.05, 0) is 121 Å². The molecule has 0 spiro atoms. The molecular formula is C45H40Cl2O4. The van der Waals surface area contributed by atoms with Crippen LogP contribution in [-0.2, 0) is 10.5 Å². The molecule has 0 radical (unpaired) electrons. The van der Waals surface area contributed by atoms with E-state index >= 15 is 0 Å². The van der Waals surface area contributed by atoms with E-state index in [0.29, 0.717) is 38.8 Å². The SMILES string of the molecule is CCC(C)(Cl)c1ccc(C(=O)c2ccc(Oc3ccc4ccc(OC(CC)(CC)c5ccc(C(=O)c6ccc(Cl)cc6)cc5)cc4c3)cc2)cc1. The summed E-state index contributed by atoms with van der Waals surface area (Å²) in [5.41, 5.74) is 3.82. The van der Waals surface area contributed by atoms with Crippen LogP contribution in [0.1, 0.15) is 89.9 Å². The maximum Gasteiger partial charge on any atom is 0.193 e. The summed E-state index contributed by atoms with van der Waals surface area (Å²) in [4.78, 5) is 25.8. The van der Waals surface area contributed by atoms with Gasteiger partial charge in [-0.2, -0.15) is 0 Å². The predicted octanol–water partition coefficient (Wildman–Crippen LogP) is 12.7. The van der Waals surface area contributed by atoms with Gasteiger partial charge >= 0.3 is 0 Å². The number of ether oxygens (including phenoxy) is 2. The zero-order valence-electron chi connectivity index (χ0n) is 29.2. The highest BCUT2D eigenvalue weighted by molar-refractivity contribution is 6.30. The van der Waals surface area contributed by atoms with Gasteiger partial charge in [0.1, 0.15) is 22.8 Å². The summed E-state index contributed by atoms with van der Waals surface area (Å²) in [6.45, 7) is 8.25. The summed E-state index contributed by atoms with van der Waals surface area (Å²) in [7, 11) is 0. The van der Waals surface area contributed by atoms with Gasteiger partial charge in [0, 0.05) is 27.3 Å². The highest BCUT2D eigenvalue weighted by Crippen LogP contribution is 2.37. The molecule has 0 bridgehead atoms. The van der Waals surface area contributed by atoms with Crippen molar-refractivity contribution >= 4 is 45.5 Å². The molecule has 0 heterocycles. The number of rotatable bonds is 13. The van der Waals surface area contributed by atoms with Crippen molar-refractivity contribution in [1.29, 1.82) is 0 Å². The third-order valence-corrected chi connectivity index (χ3v) is 10.5. The second-order valence-corrected chi connectivity index (χ2v) is 14.2. The quantitative estimate of drug-likeness (QED) is 0.0882. The number of carbonyl (C=O) groups is 2. The van der Waals surface area contributed by atoms with Gasteiger partial charge in [0.25, 0.3) is 0 Å². The minimum absolute atomic E-state index is 0.0528. The number of alkyl halides is 1. The van der Waals surface area contributed by atoms with Crippen LogP contribution in [0.25, 0.3) is 10.8 Å². The smallest absolute Gasteiger partial charge is 0.193 e. The molecule has 1 unspecified atom stereocenters. The molecule has 0 amide bonds. The number of carbonyl (C=O) groups excluding carboxylic acids is 2. The van der Waals surface area contributed by atoms with Crippen molar-refractivity contribution in [3.8, 4) is 17.2 Å². The molecule has 0 saturated carbocycles. The largest absolute Gasteiger partial charge is 0.483 e. The lowest BCUT2D eigenvalue weighted by Crippen LogP contribution is -2.31. The molecule has 0 aliphatic heterocycles. The Balaban J connectivity index is 1.16. The Morgan fingerprint density at radius 3 is 1.47 bits per heavy atom. The van der Waals surface area contributed by atoms with Gasteiger partial charge < -0.3 is 9.47 Å². The van der Waals surface area contributed by atoms with Crippen LogP contribution in [0.2, 0.25) is 5.02 Å². The highest BCUT2D eigenvalue weighted by Gasteiger charge is 2.31. The van der Waals surface area contributed by atoms with Crippen LogP contribution in [-0.4, -0.2) is 11.6 Å². The second kappa shape index (κ2) is 15.1. The van der Waals surface area contributed by atoms with Crippen molar-refractivity contribution in [1.82, 2.24) is 0 Å². The summed E-state index contributed by atoms with van der Waals surface area (Å²) in [6.07, 6.45) is 2.27. The van der Waals surface area contributed by atoms with Crippen molar-refractivity contribution in [3.05, 3.63) is 172 Å². The Morgan fingerprint density at radius 2 is 0.961 bits per heavy atom. The topological polar surface area (TPSA) is 52.6 Å². The summed E-state index contributed by atoms with van der Waals surface area (Å²) in [6, 6.07) is 41.3. The van der Waals surface area contributed by atoms with E-state index in [9.17, 15) is 9.59 Å². The Bertz CT molecular complexity index is 2150. The molecular weight excluding hydrogens is 675 g/mol. The Hall–Kier alpha value is -4.90. The molecule has 4 nitrogen and oxygen atoms in total. The average molecular weight is 716 g/mol. The second-order valence-electron chi connectivity index (χ2n) is 13.0. The Labute approximate surface area is 310 Å². The average Bonchev–Trinajstić information content (AvgIpc) is 3.17. The molecule has 6 rings (SSSR count). The van der Waals surface area contributed by atoms with Gasteiger partial charge in [-0.25, -0.2) is 0 Å². The molecule has 0 aliphatic carbocycles. The van der Waals surface area contributed by atoms with Crippen LogP contribution in [0.3, 0.4) is 0 Å². The van der Waals surface area contributed by atoms with Crippen LogP contribution < -0.4 is 9.47 Å². The molecule has 0 N–H and O–H groups in total. The molecule has 258 valence electrons. The summed E-state index contributed by atoms with van der Waals surface area (Å²) < 4.78 is 13.0. The van der Waals surface area contributed by atoms with Crippen molar-refractivity contribution in [2.75, 3.05) is 0 Å². The fraction of sp³-hybridized carbons (Fsp3) is 0.200. The molecule has 1 atom stereocenters. The minimum atomic E-state index is -0.578. The van der Waals surface area contributed by atoms with E-state index in [0.717, 1.165) is 46.9 Å². The van der Waals surface area contributed by atoms with Gasteiger partial charge in [-0.1, -0.05) is 93.0 Å². The first kappa shape index (κ1) is 35.9. The van der Waals surface area contributed by atoms with E-state index in [1.54, 1.807) is 36.4 Å². The Morgan fingerprint density at radius 1 is 0.529 bits per heavy atom. The lowest BCUT2D eigenvalue weighted by atomic mass is 9.87. The van der Waals surface area contributed by atoms with Crippen LogP contribution in [0, 0.1) is 0 Å². The lowest BCUT2D eigenvalue weighted by molar-refractivity contribution is 0.0574. The van der Waals surface area contributed by atoms with Crippen LogP contribution in [0.15, 0.2) is 133 Å². The number of hydrogen-bond donors (Lipinski definition) is 0. The number of fused-ring (bicyclic) bond motifs is 1. The maximum absolute atomic E-state index is 13.2. The summed E-state index contributed by atoms with van der Waals surface area (Å²) >= 11 is 12.6. The normalized spacial score (nSPS) is 12.7. The third kappa shape index (κ3) is 7.88. The molecule has 0 saturated heterocycles. The standard InChI is InChI=1S/C45H40Cl2O4/c1-5-44(4,47)36-18-8-31(9-19-36)43(49)34-16-24-39(25-17-34)50-40-26-14-30-15-27-41(29-35(30)28-40)51-45(6-2,7-3)37-20-10-32(11-21-37)42(48)33-12-22-38(46)23-13-33/h8-29H,5-7H2,1-4H3. The lowest BCUT2D eigenvalue weighted by Gasteiger charge is -2.33. The fourth-order valence-electron chi connectivity index (χ4n) is 6.26. The van der Waals surface area contributed by atoms with E-state index in [1.807, 2.05) is 111 Å². The van der Waals surface area contributed by atoms with Gasteiger partial charge in [-0.15, -0.1) is 11.6 Å². The molecule has 0 fully saturated rings. The van der Waals surface area contributed by atoms with E-state index in [1.165, 1.54) is 0 Å². The van der Waals surface area contributed by atoms with Crippen molar-refractivity contribution in [2.45, 2.75) is 57.4 Å². The van der Waals surface area contributed by atoms with Gasteiger partial charge in [0.05, 0.1) is 4.87 Å². The third-order valence-electron chi connectivity index (χ3n) is 9.78. The van der Waals surface area contributed by atoms with Crippen LogP contribution in [0.5, 0.6) is 17.2 Å². The molecule has 6 heteroatoms. The first-order valence-electron chi connectivity index (χ1n) is 17.3. The summed E-state index contributed by atoms with van der Waals surface area (Å²) in [5, 5.41) is 2.62. The molecule has 6 aromatic carbocycles. The molecule has 6 aromatic rings. The van der Waals surface area contributed by atoms with E-state index < -0.39 is 10.5 Å². The van der Waals surface area contributed by atoms with Gasteiger partial charge in [-0.3, -0.25) is 9.59 Å². The zero-order chi connectivity index (χ0) is 36.2. The molecule has 0 aromatic heterocycles. The van der Waals surface area contributed by atoms with Crippen molar-refractivity contribution < 1.29 is 19.1 Å². The highest BCUT2D eigenvalue weighted by atomic mass is 35.5. The summed E-state index contributed by atoms with van der Waals surface area (Å²) in [5.74, 6) is 1.93. The van der Waals surface area contributed by atoms with E-state index in [2.05, 4.69) is 13.8 Å². The number of ketones is 2. The van der Waals surface area contributed by atoms with Crippen molar-refractivity contribution in [2.24, 2.45) is 0 Å². The predicted molar refractivity (Wildman–Crippen MR) is 208 cm³/mol. The van der Waals surface area contributed by atoms with Crippen LogP contribution in [0.4, 0.5) is 0 Å². The van der Waals surface area contributed by atoms with Crippen LogP contribution >= 0.6 is 23.2 Å². The van der Waals surface area contributed by atoms with E-state index in [-0.39, 0.29) is 11.6 Å². The van der Waals surface area contributed by atoms with Gasteiger partial charge in [0.15, 0.2) is 11.6 Å². The molecule has 0 aliphatic rings. The van der Waals surface area contributed by atoms with Crippen molar-refractivity contribution in [3.63, 3.8) is 0 Å². The fourth-order valence-corrected chi connectivity index (χ4v) is 6.51. The minimum Gasteiger partial charge on any atom is -0.483 e. The first-order valence-corrected chi connectivity index (χ1v) is 18.1. The molecule has 51 heavy (non-hydrogen) atoms. The number of benzene rings is 6. The van der Waals surface area contributed by atoms with E-state index in [4.69, 9.17) is 32.7 Å². The Kier molecular flexibility index (Phi) is 10.7. The number of hydrogen-bond acceptors (Lipinski definition) is 4. The first-order chi connectivity index (χ1) is 24.5. The number of halogens is 2. The monoisotopic (exact) mass is 714 g/mol. The van der Waals surface area contributed by atoms with Gasteiger partial charge in [0.2, 0.25) is 0 Å².